The van der Waals surface area contributed by atoms with Crippen molar-refractivity contribution >= 4 is 28.3 Å². The van der Waals surface area contributed by atoms with Crippen LogP contribution in [-0.4, -0.2) is 38.5 Å². The van der Waals surface area contributed by atoms with Gasteiger partial charge in [-0.3, -0.25) is 4.79 Å². The second kappa shape index (κ2) is 9.92. The molecule has 3 aromatic rings. The molecule has 36 heavy (non-hydrogen) atoms. The van der Waals surface area contributed by atoms with E-state index in [1.165, 1.54) is 37.0 Å². The zero-order chi connectivity index (χ0) is 24.7. The van der Waals surface area contributed by atoms with Crippen molar-refractivity contribution < 1.29 is 14.6 Å². The van der Waals surface area contributed by atoms with Crippen LogP contribution in [0.3, 0.4) is 0 Å². The molecule has 3 heterocycles. The van der Waals surface area contributed by atoms with Gasteiger partial charge in [0.05, 0.1) is 11.0 Å². The SMILES string of the molecule is C[C@@H]1CCCC[C@H]1n1c(Cc2cccs2)nc2cc(C(=O)NC3(CC4OC4O)CCCCC3)ccc21. The molecule has 3 aliphatic rings. The smallest absolute Gasteiger partial charge is 0.251 e. The van der Waals surface area contributed by atoms with Crippen molar-refractivity contribution in [3.05, 3.63) is 52.0 Å². The minimum atomic E-state index is -0.676. The third-order valence-corrected chi connectivity index (χ3v) is 9.55. The van der Waals surface area contributed by atoms with E-state index in [-0.39, 0.29) is 17.6 Å². The standard InChI is InChI=1S/C29H37N3O3S/c1-19-8-3-4-10-23(19)32-24-12-11-20(16-22(24)30-26(32)17-21-9-7-15-36-21)27(33)31-29(13-5-2-6-14-29)18-25-28(34)35-25/h7,9,11-12,15-16,19,23,25,28,34H,2-6,8,10,13-14,17-18H2,1H3,(H,31,33)/t19-,23-,25?,28?/m1/s1. The van der Waals surface area contributed by atoms with Gasteiger partial charge in [-0.2, -0.15) is 0 Å². The number of imidazole rings is 1. The summed E-state index contributed by atoms with van der Waals surface area (Å²) in [6.07, 6.45) is 10.9. The second-order valence-electron chi connectivity index (χ2n) is 11.3. The Morgan fingerprint density at radius 3 is 2.72 bits per heavy atom. The number of hydrogen-bond donors (Lipinski definition) is 2. The molecule has 1 amide bonds. The van der Waals surface area contributed by atoms with Crippen LogP contribution in [0.2, 0.25) is 0 Å². The average molecular weight is 508 g/mol. The number of carbonyl (C=O) groups is 1. The highest BCUT2D eigenvalue weighted by Crippen LogP contribution is 2.39. The lowest BCUT2D eigenvalue weighted by molar-refractivity contribution is 0.0851. The number of carbonyl (C=O) groups excluding carboxylic acids is 1. The Labute approximate surface area is 217 Å². The van der Waals surface area contributed by atoms with Crippen LogP contribution in [0.25, 0.3) is 11.0 Å². The molecule has 0 radical (unpaired) electrons. The molecule has 1 aromatic carbocycles. The van der Waals surface area contributed by atoms with Crippen molar-refractivity contribution in [1.82, 2.24) is 14.9 Å². The van der Waals surface area contributed by atoms with E-state index in [1.54, 1.807) is 11.3 Å². The van der Waals surface area contributed by atoms with Gasteiger partial charge in [0.25, 0.3) is 5.91 Å². The summed E-state index contributed by atoms with van der Waals surface area (Å²) < 4.78 is 7.79. The second-order valence-corrected chi connectivity index (χ2v) is 12.3. The largest absolute Gasteiger partial charge is 0.366 e. The van der Waals surface area contributed by atoms with Gasteiger partial charge in [0.2, 0.25) is 0 Å². The van der Waals surface area contributed by atoms with Crippen molar-refractivity contribution in [3.8, 4) is 0 Å². The summed E-state index contributed by atoms with van der Waals surface area (Å²) in [4.78, 5) is 19.9. The van der Waals surface area contributed by atoms with Gasteiger partial charge >= 0.3 is 0 Å². The van der Waals surface area contributed by atoms with Crippen LogP contribution in [0, 0.1) is 5.92 Å². The predicted molar refractivity (Wildman–Crippen MR) is 142 cm³/mol. The number of thiophene rings is 1. The van der Waals surface area contributed by atoms with Crippen LogP contribution < -0.4 is 5.32 Å². The van der Waals surface area contributed by atoms with E-state index in [1.807, 2.05) is 12.1 Å². The Bertz CT molecular complexity index is 1210. The van der Waals surface area contributed by atoms with Crippen LogP contribution in [0.15, 0.2) is 35.7 Å². The maximum atomic E-state index is 13.5. The van der Waals surface area contributed by atoms with E-state index in [9.17, 15) is 9.90 Å². The molecule has 1 aliphatic heterocycles. The Hall–Kier alpha value is -2.22. The van der Waals surface area contributed by atoms with Gasteiger partial charge in [0, 0.05) is 34.9 Å². The Kier molecular flexibility index (Phi) is 6.65. The Morgan fingerprint density at radius 1 is 1.19 bits per heavy atom. The van der Waals surface area contributed by atoms with E-state index < -0.39 is 6.29 Å². The topological polar surface area (TPSA) is 79.7 Å². The lowest BCUT2D eigenvalue weighted by atomic mass is 9.78. The first-order chi connectivity index (χ1) is 17.5. The van der Waals surface area contributed by atoms with Crippen molar-refractivity contribution in [3.63, 3.8) is 0 Å². The van der Waals surface area contributed by atoms with Crippen molar-refractivity contribution in [2.24, 2.45) is 5.92 Å². The van der Waals surface area contributed by atoms with Gasteiger partial charge < -0.3 is 19.7 Å². The molecule has 192 valence electrons. The number of fused-ring (bicyclic) bond motifs is 1. The molecule has 2 N–H and O–H groups in total. The highest BCUT2D eigenvalue weighted by atomic mass is 32.1. The number of aliphatic hydroxyl groups excluding tert-OH is 1. The van der Waals surface area contributed by atoms with E-state index >= 15 is 0 Å². The summed E-state index contributed by atoms with van der Waals surface area (Å²) in [5, 5.41) is 15.2. The molecule has 0 spiro atoms. The molecule has 7 heteroatoms. The van der Waals surface area contributed by atoms with E-state index in [4.69, 9.17) is 9.72 Å². The van der Waals surface area contributed by atoms with Crippen LogP contribution in [0.4, 0.5) is 0 Å². The van der Waals surface area contributed by atoms with Crippen LogP contribution >= 0.6 is 11.3 Å². The fraction of sp³-hybridized carbons (Fsp3) is 0.586. The molecule has 6 rings (SSSR count). The molecular formula is C29H37N3O3S. The molecule has 6 nitrogen and oxygen atoms in total. The highest BCUT2D eigenvalue weighted by molar-refractivity contribution is 7.09. The third kappa shape index (κ3) is 4.85. The number of benzene rings is 1. The summed E-state index contributed by atoms with van der Waals surface area (Å²) >= 11 is 1.78. The summed E-state index contributed by atoms with van der Waals surface area (Å²) in [7, 11) is 0. The molecule has 3 fully saturated rings. The lowest BCUT2D eigenvalue weighted by Crippen LogP contribution is -2.50. The van der Waals surface area contributed by atoms with Gasteiger partial charge in [-0.15, -0.1) is 11.3 Å². The van der Waals surface area contributed by atoms with Gasteiger partial charge in [-0.1, -0.05) is 45.1 Å². The predicted octanol–water partition coefficient (Wildman–Crippen LogP) is 5.98. The molecular weight excluding hydrogens is 470 g/mol. The van der Waals surface area contributed by atoms with Gasteiger partial charge in [-0.05, 0) is 61.2 Å². The number of ether oxygens (including phenoxy) is 1. The van der Waals surface area contributed by atoms with Crippen molar-refractivity contribution in [1.29, 1.82) is 0 Å². The van der Waals surface area contributed by atoms with Crippen LogP contribution in [0.5, 0.6) is 0 Å². The van der Waals surface area contributed by atoms with E-state index in [0.29, 0.717) is 23.9 Å². The monoisotopic (exact) mass is 507 g/mol. The van der Waals surface area contributed by atoms with Gasteiger partial charge in [0.1, 0.15) is 11.9 Å². The van der Waals surface area contributed by atoms with Crippen molar-refractivity contribution in [2.45, 2.75) is 102 Å². The third-order valence-electron chi connectivity index (χ3n) is 8.67. The zero-order valence-corrected chi connectivity index (χ0v) is 21.9. The molecule has 2 saturated carbocycles. The Morgan fingerprint density at radius 2 is 2.00 bits per heavy atom. The first-order valence-electron chi connectivity index (χ1n) is 13.7. The summed E-state index contributed by atoms with van der Waals surface area (Å²) in [6.45, 7) is 2.37. The van der Waals surface area contributed by atoms with E-state index in [0.717, 1.165) is 49.0 Å². The number of nitrogens with one attached hydrogen (secondary N) is 1. The molecule has 2 aliphatic carbocycles. The fourth-order valence-electron chi connectivity index (χ4n) is 6.62. The average Bonchev–Trinajstić information content (AvgIpc) is 3.23. The molecule has 4 atom stereocenters. The molecule has 2 aromatic heterocycles. The fourth-order valence-corrected chi connectivity index (χ4v) is 7.32. The molecule has 2 unspecified atom stereocenters. The van der Waals surface area contributed by atoms with Crippen LogP contribution in [0.1, 0.15) is 98.2 Å². The van der Waals surface area contributed by atoms with Gasteiger partial charge in [-0.25, -0.2) is 4.98 Å². The zero-order valence-electron chi connectivity index (χ0n) is 21.1. The maximum Gasteiger partial charge on any atom is 0.251 e. The summed E-state index contributed by atoms with van der Waals surface area (Å²) in [5.41, 5.74) is 2.41. The first-order valence-corrected chi connectivity index (χ1v) is 14.6. The van der Waals surface area contributed by atoms with Crippen LogP contribution in [-0.2, 0) is 11.2 Å². The number of amides is 1. The first kappa shape index (κ1) is 24.1. The minimum absolute atomic E-state index is 0.0469. The molecule has 0 bridgehead atoms. The number of epoxide rings is 1. The van der Waals surface area contributed by atoms with Crippen molar-refractivity contribution in [2.75, 3.05) is 0 Å². The normalized spacial score (nSPS) is 27.7. The number of hydrogen-bond acceptors (Lipinski definition) is 5. The summed E-state index contributed by atoms with van der Waals surface area (Å²) in [6, 6.07) is 10.8. The maximum absolute atomic E-state index is 13.5. The number of aliphatic hydroxyl groups is 1. The van der Waals surface area contributed by atoms with E-state index in [2.05, 4.69) is 40.4 Å². The number of rotatable bonds is 7. The minimum Gasteiger partial charge on any atom is -0.366 e. The van der Waals surface area contributed by atoms with Gasteiger partial charge in [0.15, 0.2) is 6.29 Å². The number of aromatic nitrogens is 2. The lowest BCUT2D eigenvalue weighted by Gasteiger charge is -2.38. The molecule has 1 saturated heterocycles. The quantitative estimate of drug-likeness (QED) is 0.386. The summed E-state index contributed by atoms with van der Waals surface area (Å²) in [5.74, 6) is 1.68. The Balaban J connectivity index is 1.31. The highest BCUT2D eigenvalue weighted by Gasteiger charge is 2.45. The number of nitrogens with zero attached hydrogens (tertiary/aromatic N) is 2.